The molecule has 6 nitrogen and oxygen atoms in total. The molecule has 2 rings (SSSR count). The molecule has 0 saturated heterocycles. The number of carboxylic acids is 1. The van der Waals surface area contributed by atoms with Crippen LogP contribution < -0.4 is 5.32 Å². The number of hydrogen-bond donors (Lipinski definition) is 2. The van der Waals surface area contributed by atoms with Crippen molar-refractivity contribution in [3.8, 4) is 0 Å². The van der Waals surface area contributed by atoms with E-state index in [2.05, 4.69) is 5.32 Å². The van der Waals surface area contributed by atoms with Crippen LogP contribution in [0.15, 0.2) is 18.2 Å². The van der Waals surface area contributed by atoms with E-state index in [-0.39, 0.29) is 24.3 Å². The van der Waals surface area contributed by atoms with E-state index < -0.39 is 5.97 Å². The van der Waals surface area contributed by atoms with Crippen LogP contribution in [0.4, 0.5) is 5.69 Å². The van der Waals surface area contributed by atoms with Crippen LogP contribution in [0, 0.1) is 0 Å². The molecule has 2 N–H and O–H groups in total. The zero-order valence-electron chi connectivity index (χ0n) is 11.3. The van der Waals surface area contributed by atoms with Gasteiger partial charge < -0.3 is 10.4 Å². The first-order valence-corrected chi connectivity index (χ1v) is 6.35. The van der Waals surface area contributed by atoms with Crippen molar-refractivity contribution in [2.75, 3.05) is 12.4 Å². The van der Waals surface area contributed by atoms with Gasteiger partial charge in [0, 0.05) is 25.2 Å². The first-order valence-electron chi connectivity index (χ1n) is 6.35. The second-order valence-corrected chi connectivity index (χ2v) is 4.91. The summed E-state index contributed by atoms with van der Waals surface area (Å²) in [4.78, 5) is 35.2. The van der Waals surface area contributed by atoms with Crippen LogP contribution in [0.3, 0.4) is 0 Å². The molecule has 1 atom stereocenters. The Hall–Kier alpha value is -2.37. The van der Waals surface area contributed by atoms with Gasteiger partial charge in [-0.2, -0.15) is 0 Å². The molecule has 20 heavy (non-hydrogen) atoms. The number of carbonyl (C=O) groups is 3. The lowest BCUT2D eigenvalue weighted by atomic mass is 10.1. The third kappa shape index (κ3) is 2.64. The number of imide groups is 1. The molecule has 0 bridgehead atoms. The number of nitrogens with zero attached hydrogens (tertiary/aromatic N) is 1. The number of carboxylic acid groups (broad SMARTS) is 1. The number of benzene rings is 1. The molecule has 0 fully saturated rings. The number of nitrogens with one attached hydrogen (secondary N) is 1. The quantitative estimate of drug-likeness (QED) is 0.797. The molecule has 2 amide bonds. The SMILES string of the molecule is CC(CCC(=O)O)Nc1ccc2c(c1)C(=O)N(C)C2=O. The molecular formula is C14H16N2O4. The van der Waals surface area contributed by atoms with Crippen LogP contribution in [0.2, 0.25) is 0 Å². The second-order valence-electron chi connectivity index (χ2n) is 4.91. The van der Waals surface area contributed by atoms with Crippen molar-refractivity contribution in [3.63, 3.8) is 0 Å². The number of aliphatic carboxylic acids is 1. The fraction of sp³-hybridized carbons (Fsp3) is 0.357. The van der Waals surface area contributed by atoms with E-state index in [1.54, 1.807) is 18.2 Å². The summed E-state index contributed by atoms with van der Waals surface area (Å²) in [7, 11) is 1.45. The van der Waals surface area contributed by atoms with Crippen molar-refractivity contribution in [1.29, 1.82) is 0 Å². The molecule has 1 heterocycles. The van der Waals surface area contributed by atoms with Gasteiger partial charge in [0.05, 0.1) is 11.1 Å². The number of carbonyl (C=O) groups excluding carboxylic acids is 2. The lowest BCUT2D eigenvalue weighted by Gasteiger charge is -2.14. The van der Waals surface area contributed by atoms with E-state index in [0.717, 1.165) is 4.90 Å². The third-order valence-electron chi connectivity index (χ3n) is 3.29. The van der Waals surface area contributed by atoms with E-state index in [1.165, 1.54) is 7.05 Å². The Bertz CT molecular complexity index is 583. The van der Waals surface area contributed by atoms with Crippen molar-refractivity contribution in [1.82, 2.24) is 4.90 Å². The minimum atomic E-state index is -0.838. The first kappa shape index (κ1) is 14.0. The molecule has 106 valence electrons. The highest BCUT2D eigenvalue weighted by atomic mass is 16.4. The summed E-state index contributed by atoms with van der Waals surface area (Å²) >= 11 is 0. The normalized spacial score (nSPS) is 15.2. The summed E-state index contributed by atoms with van der Waals surface area (Å²) in [5.74, 6) is -1.45. The van der Waals surface area contributed by atoms with Crippen LogP contribution in [-0.2, 0) is 4.79 Å². The lowest BCUT2D eigenvalue weighted by Crippen LogP contribution is -2.24. The Morgan fingerprint density at radius 1 is 1.30 bits per heavy atom. The monoisotopic (exact) mass is 276 g/mol. The maximum atomic E-state index is 11.9. The zero-order chi connectivity index (χ0) is 14.9. The molecule has 6 heteroatoms. The number of amides is 2. The molecule has 1 unspecified atom stereocenters. The van der Waals surface area contributed by atoms with Crippen LogP contribution in [0.1, 0.15) is 40.5 Å². The fourth-order valence-electron chi connectivity index (χ4n) is 2.15. The van der Waals surface area contributed by atoms with E-state index in [4.69, 9.17) is 5.11 Å². The van der Waals surface area contributed by atoms with Crippen molar-refractivity contribution in [3.05, 3.63) is 29.3 Å². The fourth-order valence-corrected chi connectivity index (χ4v) is 2.15. The van der Waals surface area contributed by atoms with Crippen molar-refractivity contribution in [2.24, 2.45) is 0 Å². The number of hydrogen-bond acceptors (Lipinski definition) is 4. The largest absolute Gasteiger partial charge is 0.481 e. The Morgan fingerprint density at radius 2 is 1.95 bits per heavy atom. The molecular weight excluding hydrogens is 260 g/mol. The number of anilines is 1. The summed E-state index contributed by atoms with van der Waals surface area (Å²) in [6.07, 6.45) is 0.568. The first-order chi connectivity index (χ1) is 9.40. The summed E-state index contributed by atoms with van der Waals surface area (Å²) in [5, 5.41) is 11.8. The Balaban J connectivity index is 2.11. The average molecular weight is 276 g/mol. The van der Waals surface area contributed by atoms with Gasteiger partial charge in [-0.25, -0.2) is 0 Å². The molecule has 0 aromatic heterocycles. The van der Waals surface area contributed by atoms with Crippen LogP contribution in [0.5, 0.6) is 0 Å². The lowest BCUT2D eigenvalue weighted by molar-refractivity contribution is -0.137. The predicted molar refractivity (Wildman–Crippen MR) is 72.8 cm³/mol. The zero-order valence-corrected chi connectivity index (χ0v) is 11.3. The number of fused-ring (bicyclic) bond motifs is 1. The molecule has 1 aromatic rings. The maximum absolute atomic E-state index is 11.9. The van der Waals surface area contributed by atoms with Gasteiger partial charge in [0.2, 0.25) is 0 Å². The van der Waals surface area contributed by atoms with Crippen LogP contribution >= 0.6 is 0 Å². The van der Waals surface area contributed by atoms with Gasteiger partial charge in [-0.15, -0.1) is 0 Å². The Kier molecular flexibility index (Phi) is 3.74. The van der Waals surface area contributed by atoms with Gasteiger partial charge in [-0.1, -0.05) is 0 Å². The van der Waals surface area contributed by atoms with Gasteiger partial charge in [0.1, 0.15) is 0 Å². The van der Waals surface area contributed by atoms with Crippen molar-refractivity contribution >= 4 is 23.5 Å². The highest BCUT2D eigenvalue weighted by Crippen LogP contribution is 2.25. The van der Waals surface area contributed by atoms with E-state index in [1.807, 2.05) is 6.92 Å². The highest BCUT2D eigenvalue weighted by molar-refractivity contribution is 6.21. The van der Waals surface area contributed by atoms with Gasteiger partial charge >= 0.3 is 5.97 Å². The topological polar surface area (TPSA) is 86.7 Å². The molecule has 0 saturated carbocycles. The van der Waals surface area contributed by atoms with E-state index in [0.29, 0.717) is 23.2 Å². The van der Waals surface area contributed by atoms with Gasteiger partial charge in [-0.05, 0) is 31.5 Å². The highest BCUT2D eigenvalue weighted by Gasteiger charge is 2.32. The minimum Gasteiger partial charge on any atom is -0.481 e. The molecule has 0 radical (unpaired) electrons. The minimum absolute atomic E-state index is 0.0333. The van der Waals surface area contributed by atoms with Crippen LogP contribution in [-0.4, -0.2) is 40.9 Å². The van der Waals surface area contributed by atoms with Gasteiger partial charge in [0.15, 0.2) is 0 Å². The molecule has 1 aliphatic rings. The molecule has 0 spiro atoms. The average Bonchev–Trinajstić information content (AvgIpc) is 2.62. The summed E-state index contributed by atoms with van der Waals surface area (Å²) in [5.41, 5.74) is 1.49. The molecule has 1 aromatic carbocycles. The van der Waals surface area contributed by atoms with Gasteiger partial charge in [0.25, 0.3) is 11.8 Å². The van der Waals surface area contributed by atoms with Crippen molar-refractivity contribution < 1.29 is 19.5 Å². The maximum Gasteiger partial charge on any atom is 0.303 e. The second kappa shape index (κ2) is 5.32. The van der Waals surface area contributed by atoms with Crippen LogP contribution in [0.25, 0.3) is 0 Å². The molecule has 0 aliphatic carbocycles. The van der Waals surface area contributed by atoms with Gasteiger partial charge in [-0.3, -0.25) is 19.3 Å². The standard InChI is InChI=1S/C14H16N2O4/c1-8(3-6-12(17)18)15-9-4-5-10-11(7-9)14(20)16(2)13(10)19/h4-5,7-8,15H,3,6H2,1-2H3,(H,17,18). The Labute approximate surface area is 116 Å². The summed E-state index contributed by atoms with van der Waals surface area (Å²) in [6.45, 7) is 1.87. The van der Waals surface area contributed by atoms with Crippen molar-refractivity contribution in [2.45, 2.75) is 25.8 Å². The number of rotatable bonds is 5. The Morgan fingerprint density at radius 3 is 2.60 bits per heavy atom. The van der Waals surface area contributed by atoms with E-state index in [9.17, 15) is 14.4 Å². The van der Waals surface area contributed by atoms with E-state index >= 15 is 0 Å². The predicted octanol–water partition coefficient (Wildman–Crippen LogP) is 1.58. The molecule has 1 aliphatic heterocycles. The summed E-state index contributed by atoms with van der Waals surface area (Å²) < 4.78 is 0. The summed E-state index contributed by atoms with van der Waals surface area (Å²) in [6, 6.07) is 4.94. The smallest absolute Gasteiger partial charge is 0.303 e. The third-order valence-corrected chi connectivity index (χ3v) is 3.29.